The van der Waals surface area contributed by atoms with Crippen molar-refractivity contribution in [3.63, 3.8) is 0 Å². The van der Waals surface area contributed by atoms with Gasteiger partial charge in [0, 0.05) is 13.1 Å². The van der Waals surface area contributed by atoms with Crippen LogP contribution in [0, 0.1) is 23.7 Å². The van der Waals surface area contributed by atoms with Gasteiger partial charge in [-0.2, -0.15) is 0 Å². The summed E-state index contributed by atoms with van der Waals surface area (Å²) in [5.41, 5.74) is 0. The van der Waals surface area contributed by atoms with Gasteiger partial charge in [-0.1, -0.05) is 26.7 Å². The first kappa shape index (κ1) is 14.8. The summed E-state index contributed by atoms with van der Waals surface area (Å²) in [4.78, 5) is 5.35. The maximum Gasteiger partial charge on any atom is 0.0506 e. The van der Waals surface area contributed by atoms with Crippen LogP contribution in [0.5, 0.6) is 0 Å². The molecule has 0 amide bonds. The quantitative estimate of drug-likeness (QED) is 0.728. The van der Waals surface area contributed by atoms with Crippen LogP contribution in [0.15, 0.2) is 0 Å². The van der Waals surface area contributed by atoms with Gasteiger partial charge in [0.25, 0.3) is 0 Å². The molecule has 0 bridgehead atoms. The third-order valence-corrected chi connectivity index (χ3v) is 6.29. The number of piperidine rings is 1. The fourth-order valence-electron chi connectivity index (χ4n) is 4.57. The minimum absolute atomic E-state index is 0.998. The molecule has 0 aromatic rings. The highest BCUT2D eigenvalue weighted by Crippen LogP contribution is 2.41. The Bertz CT molecular complexity index is 254. The molecule has 3 fully saturated rings. The normalized spacial score (nSPS) is 33.9. The van der Waals surface area contributed by atoms with Crippen LogP contribution in [0.4, 0.5) is 0 Å². The summed E-state index contributed by atoms with van der Waals surface area (Å²) in [6.45, 7) is 11.4. The molecule has 2 saturated heterocycles. The summed E-state index contributed by atoms with van der Waals surface area (Å²) >= 11 is 0. The van der Waals surface area contributed by atoms with E-state index in [0.717, 1.165) is 23.7 Å². The molecule has 2 nitrogen and oxygen atoms in total. The van der Waals surface area contributed by atoms with E-state index in [1.807, 2.05) is 0 Å². The highest BCUT2D eigenvalue weighted by atomic mass is 15.3. The van der Waals surface area contributed by atoms with E-state index in [0.29, 0.717) is 0 Å². The number of nitrogens with zero attached hydrogens (tertiary/aromatic N) is 2. The third-order valence-electron chi connectivity index (χ3n) is 6.29. The Hall–Kier alpha value is -0.0800. The minimum atomic E-state index is 0.998. The maximum absolute atomic E-state index is 2.71. The molecule has 1 saturated carbocycles. The summed E-state index contributed by atoms with van der Waals surface area (Å²) in [5, 5.41) is 0. The predicted octanol–water partition coefficient (Wildman–Crippen LogP) is 3.82. The van der Waals surface area contributed by atoms with Gasteiger partial charge in [0.1, 0.15) is 0 Å². The fourth-order valence-corrected chi connectivity index (χ4v) is 4.57. The molecule has 20 heavy (non-hydrogen) atoms. The molecule has 0 N–H and O–H groups in total. The Balaban J connectivity index is 1.28. The van der Waals surface area contributed by atoms with Crippen molar-refractivity contribution >= 4 is 0 Å². The molecule has 3 rings (SSSR count). The molecule has 2 heterocycles. The van der Waals surface area contributed by atoms with Crippen LogP contribution in [0.2, 0.25) is 0 Å². The van der Waals surface area contributed by atoms with Crippen molar-refractivity contribution in [2.75, 3.05) is 32.8 Å². The second-order valence-corrected chi connectivity index (χ2v) is 7.86. The summed E-state index contributed by atoms with van der Waals surface area (Å²) in [7, 11) is 0. The SMILES string of the molecule is CCC1CC(CC2CCN(CN3CC(CC)C3)CC2)C1. The van der Waals surface area contributed by atoms with E-state index in [-0.39, 0.29) is 0 Å². The van der Waals surface area contributed by atoms with Crippen molar-refractivity contribution in [1.29, 1.82) is 0 Å². The molecule has 3 aliphatic rings. The van der Waals surface area contributed by atoms with Crippen molar-refractivity contribution in [2.24, 2.45) is 23.7 Å². The van der Waals surface area contributed by atoms with Gasteiger partial charge in [0.15, 0.2) is 0 Å². The molecule has 0 unspecified atom stereocenters. The van der Waals surface area contributed by atoms with Gasteiger partial charge in [0.05, 0.1) is 6.67 Å². The van der Waals surface area contributed by atoms with Crippen molar-refractivity contribution in [3.8, 4) is 0 Å². The largest absolute Gasteiger partial charge is 0.290 e. The van der Waals surface area contributed by atoms with Crippen LogP contribution in [-0.2, 0) is 0 Å². The molecule has 1 aliphatic carbocycles. The van der Waals surface area contributed by atoms with E-state index >= 15 is 0 Å². The van der Waals surface area contributed by atoms with E-state index in [9.17, 15) is 0 Å². The summed E-state index contributed by atoms with van der Waals surface area (Å²) in [5.74, 6) is 4.22. The van der Waals surface area contributed by atoms with E-state index in [1.165, 1.54) is 58.5 Å². The van der Waals surface area contributed by atoms with Crippen LogP contribution in [0.3, 0.4) is 0 Å². The predicted molar refractivity (Wildman–Crippen MR) is 85.6 cm³/mol. The topological polar surface area (TPSA) is 6.48 Å². The number of likely N-dealkylation sites (tertiary alicyclic amines) is 2. The lowest BCUT2D eigenvalue weighted by molar-refractivity contribution is 0.0153. The molecular formula is C18H34N2. The van der Waals surface area contributed by atoms with E-state index < -0.39 is 0 Å². The number of rotatable bonds is 6. The molecular weight excluding hydrogens is 244 g/mol. The average Bonchev–Trinajstić information content (AvgIpc) is 2.38. The summed E-state index contributed by atoms with van der Waals surface area (Å²) in [6.07, 6.45) is 10.4. The van der Waals surface area contributed by atoms with Crippen LogP contribution in [-0.4, -0.2) is 42.6 Å². The lowest BCUT2D eigenvalue weighted by atomic mass is 9.69. The highest BCUT2D eigenvalue weighted by Gasteiger charge is 2.32. The molecule has 0 atom stereocenters. The van der Waals surface area contributed by atoms with Crippen LogP contribution in [0.25, 0.3) is 0 Å². The van der Waals surface area contributed by atoms with Gasteiger partial charge >= 0.3 is 0 Å². The fraction of sp³-hybridized carbons (Fsp3) is 1.00. The van der Waals surface area contributed by atoms with Gasteiger partial charge in [-0.15, -0.1) is 0 Å². The van der Waals surface area contributed by atoms with Gasteiger partial charge < -0.3 is 0 Å². The lowest BCUT2D eigenvalue weighted by Crippen LogP contribution is -2.52. The molecule has 116 valence electrons. The first-order valence-corrected chi connectivity index (χ1v) is 9.21. The Morgan fingerprint density at radius 3 is 2.00 bits per heavy atom. The van der Waals surface area contributed by atoms with Gasteiger partial charge in [0.2, 0.25) is 0 Å². The first-order valence-electron chi connectivity index (χ1n) is 9.21. The van der Waals surface area contributed by atoms with Gasteiger partial charge in [-0.3, -0.25) is 9.80 Å². The lowest BCUT2D eigenvalue weighted by Gasteiger charge is -2.44. The van der Waals surface area contributed by atoms with Gasteiger partial charge in [-0.25, -0.2) is 0 Å². The molecule has 0 aromatic carbocycles. The Labute approximate surface area is 125 Å². The van der Waals surface area contributed by atoms with E-state index in [4.69, 9.17) is 0 Å². The zero-order valence-electron chi connectivity index (χ0n) is 13.7. The molecule has 0 aromatic heterocycles. The minimum Gasteiger partial charge on any atom is -0.290 e. The highest BCUT2D eigenvalue weighted by molar-refractivity contribution is 4.84. The van der Waals surface area contributed by atoms with Crippen molar-refractivity contribution in [1.82, 2.24) is 9.80 Å². The van der Waals surface area contributed by atoms with E-state index in [1.54, 1.807) is 19.3 Å². The van der Waals surface area contributed by atoms with Crippen LogP contribution in [0.1, 0.15) is 58.8 Å². The first-order chi connectivity index (χ1) is 9.76. The van der Waals surface area contributed by atoms with Crippen molar-refractivity contribution in [2.45, 2.75) is 58.8 Å². The summed E-state index contributed by atoms with van der Waals surface area (Å²) in [6, 6.07) is 0. The Morgan fingerprint density at radius 1 is 0.750 bits per heavy atom. The average molecular weight is 278 g/mol. The second-order valence-electron chi connectivity index (χ2n) is 7.86. The van der Waals surface area contributed by atoms with Crippen molar-refractivity contribution in [3.05, 3.63) is 0 Å². The third kappa shape index (κ3) is 3.57. The van der Waals surface area contributed by atoms with Crippen LogP contribution >= 0.6 is 0 Å². The Kier molecular flexibility index (Phi) is 5.04. The molecule has 0 spiro atoms. The zero-order chi connectivity index (χ0) is 13.9. The standard InChI is InChI=1S/C18H34N2/c1-3-15-9-18(10-15)11-17-5-7-19(8-6-17)14-20-12-16(4-2)13-20/h15-18H,3-14H2,1-2H3. The Morgan fingerprint density at radius 2 is 1.40 bits per heavy atom. The van der Waals surface area contributed by atoms with E-state index in [2.05, 4.69) is 23.6 Å². The zero-order valence-corrected chi connectivity index (χ0v) is 13.7. The molecule has 2 heteroatoms. The molecule has 2 aliphatic heterocycles. The smallest absolute Gasteiger partial charge is 0.0506 e. The van der Waals surface area contributed by atoms with Crippen molar-refractivity contribution < 1.29 is 0 Å². The summed E-state index contributed by atoms with van der Waals surface area (Å²) < 4.78 is 0. The number of hydrogen-bond acceptors (Lipinski definition) is 2. The van der Waals surface area contributed by atoms with Gasteiger partial charge in [-0.05, 0) is 68.9 Å². The van der Waals surface area contributed by atoms with Crippen LogP contribution < -0.4 is 0 Å². The molecule has 0 radical (unpaired) electrons. The second kappa shape index (κ2) is 6.79. The monoisotopic (exact) mass is 278 g/mol. The number of hydrogen-bond donors (Lipinski definition) is 0. The maximum atomic E-state index is 2.71.